The first-order valence-corrected chi connectivity index (χ1v) is 8.47. The summed E-state index contributed by atoms with van der Waals surface area (Å²) in [5.74, 6) is -1.86. The summed E-state index contributed by atoms with van der Waals surface area (Å²) in [4.78, 5) is 45.5. The van der Waals surface area contributed by atoms with E-state index in [1.807, 2.05) is 30.3 Å². The smallest absolute Gasteiger partial charge is 0.347 e. The van der Waals surface area contributed by atoms with E-state index >= 15 is 0 Å². The predicted octanol–water partition coefficient (Wildman–Crippen LogP) is 1.38. The number of nitrogens with zero attached hydrogens (tertiary/aromatic N) is 2. The number of carbonyl (C=O) groups is 3. The molecule has 0 bridgehead atoms. The maximum absolute atomic E-state index is 12.7. The maximum atomic E-state index is 12.7. The van der Waals surface area contributed by atoms with Gasteiger partial charge in [-0.1, -0.05) is 54.1 Å². The molecule has 0 unspecified atom stereocenters. The number of aliphatic imine (C=N–C) groups is 1. The number of rotatable bonds is 5. The molecule has 142 valence electrons. The minimum Gasteiger partial charge on any atom is -0.347 e. The number of carbonyl (C=O) groups excluding carboxylic acids is 3. The van der Waals surface area contributed by atoms with Crippen LogP contribution in [-0.2, 0) is 21.0 Å². The van der Waals surface area contributed by atoms with Crippen molar-refractivity contribution in [1.29, 1.82) is 0 Å². The van der Waals surface area contributed by atoms with E-state index in [0.29, 0.717) is 5.56 Å². The van der Waals surface area contributed by atoms with Crippen LogP contribution in [0.25, 0.3) is 0 Å². The fourth-order valence-electron chi connectivity index (χ4n) is 2.41. The molecular formula is C20H18N4O4. The zero-order valence-corrected chi connectivity index (χ0v) is 15.1. The first kappa shape index (κ1) is 19.0. The number of hydrazine groups is 1. The Balaban J connectivity index is 1.86. The van der Waals surface area contributed by atoms with E-state index in [2.05, 4.69) is 20.7 Å². The largest absolute Gasteiger partial charge is 0.376 e. The topological polar surface area (TPSA) is 100 Å². The third-order valence-electron chi connectivity index (χ3n) is 3.89. The molecule has 1 aliphatic rings. The van der Waals surface area contributed by atoms with Gasteiger partial charge in [-0.15, -0.1) is 0 Å². The first-order valence-electron chi connectivity index (χ1n) is 8.47. The van der Waals surface area contributed by atoms with Gasteiger partial charge in [0.25, 0.3) is 11.8 Å². The van der Waals surface area contributed by atoms with Crippen molar-refractivity contribution in [3.05, 3.63) is 83.6 Å². The normalized spacial score (nSPS) is 15.5. The Labute approximate surface area is 161 Å². The molecule has 2 amide bonds. The van der Waals surface area contributed by atoms with Gasteiger partial charge in [0.15, 0.2) is 0 Å². The Hall–Kier alpha value is -3.78. The summed E-state index contributed by atoms with van der Waals surface area (Å²) < 4.78 is 0. The van der Waals surface area contributed by atoms with Crippen molar-refractivity contribution in [2.45, 2.75) is 6.54 Å². The maximum Gasteiger partial charge on any atom is 0.376 e. The van der Waals surface area contributed by atoms with E-state index in [0.717, 1.165) is 5.56 Å². The van der Waals surface area contributed by atoms with Gasteiger partial charge in [0.1, 0.15) is 11.4 Å². The van der Waals surface area contributed by atoms with Crippen LogP contribution < -0.4 is 10.9 Å². The molecular weight excluding hydrogens is 360 g/mol. The second-order valence-electron chi connectivity index (χ2n) is 5.91. The molecule has 8 nitrogen and oxygen atoms in total. The minimum atomic E-state index is -0.682. The highest BCUT2D eigenvalue weighted by molar-refractivity contribution is 6.45. The van der Waals surface area contributed by atoms with Crippen molar-refractivity contribution in [2.75, 3.05) is 7.05 Å². The molecule has 0 atom stereocenters. The Bertz CT molecular complexity index is 939. The van der Waals surface area contributed by atoms with Gasteiger partial charge in [0.05, 0.1) is 0 Å². The van der Waals surface area contributed by atoms with Crippen LogP contribution in [0, 0.1) is 0 Å². The van der Waals surface area contributed by atoms with Crippen LogP contribution in [0.4, 0.5) is 0 Å². The lowest BCUT2D eigenvalue weighted by Gasteiger charge is -2.09. The van der Waals surface area contributed by atoms with Gasteiger partial charge >= 0.3 is 5.97 Å². The molecule has 28 heavy (non-hydrogen) atoms. The van der Waals surface area contributed by atoms with Crippen molar-refractivity contribution in [3.63, 3.8) is 0 Å². The Morgan fingerprint density at radius 1 is 1.11 bits per heavy atom. The third kappa shape index (κ3) is 4.68. The van der Waals surface area contributed by atoms with Crippen LogP contribution >= 0.6 is 0 Å². The van der Waals surface area contributed by atoms with Gasteiger partial charge in [-0.3, -0.25) is 14.6 Å². The number of hydrogen-bond acceptors (Lipinski definition) is 6. The highest BCUT2D eigenvalue weighted by Gasteiger charge is 2.26. The lowest BCUT2D eigenvalue weighted by Crippen LogP contribution is -2.32. The molecule has 2 N–H and O–H groups in total. The standard InChI is InChI=1S/C20H18N4O4/c1-24-17(20(27)28-23-24)12-16(22-18(25)15-10-6-3-7-11-15)19(26)21-13-14-8-4-2-5-9-14/h2-12,23H,13H2,1H3,(H,21,26)/b17-12+,22-16?. The van der Waals surface area contributed by atoms with Crippen LogP contribution in [0.3, 0.4) is 0 Å². The molecule has 2 aromatic carbocycles. The quantitative estimate of drug-likeness (QED) is 0.602. The highest BCUT2D eigenvalue weighted by atomic mass is 16.7. The van der Waals surface area contributed by atoms with Crippen LogP contribution in [0.1, 0.15) is 15.9 Å². The summed E-state index contributed by atoms with van der Waals surface area (Å²) >= 11 is 0. The fraction of sp³-hybridized carbons (Fsp3) is 0.100. The van der Waals surface area contributed by atoms with Gasteiger partial charge in [-0.05, 0) is 17.7 Å². The lowest BCUT2D eigenvalue weighted by molar-refractivity contribution is -0.142. The fourth-order valence-corrected chi connectivity index (χ4v) is 2.41. The van der Waals surface area contributed by atoms with Crippen molar-refractivity contribution < 1.29 is 19.2 Å². The van der Waals surface area contributed by atoms with E-state index in [9.17, 15) is 14.4 Å². The lowest BCUT2D eigenvalue weighted by atomic mass is 10.2. The molecule has 0 radical (unpaired) electrons. The Morgan fingerprint density at radius 3 is 2.36 bits per heavy atom. The molecule has 8 heteroatoms. The van der Waals surface area contributed by atoms with Gasteiger partial charge < -0.3 is 10.2 Å². The molecule has 0 aliphatic carbocycles. The van der Waals surface area contributed by atoms with Gasteiger partial charge in [-0.25, -0.2) is 9.79 Å². The summed E-state index contributed by atoms with van der Waals surface area (Å²) in [6, 6.07) is 17.6. The van der Waals surface area contributed by atoms with E-state index in [-0.39, 0.29) is 18.0 Å². The van der Waals surface area contributed by atoms with Crippen molar-refractivity contribution in [3.8, 4) is 0 Å². The predicted molar refractivity (Wildman–Crippen MR) is 102 cm³/mol. The number of hydrogen-bond donors (Lipinski definition) is 2. The number of amides is 2. The van der Waals surface area contributed by atoms with Crippen LogP contribution in [-0.4, -0.2) is 35.6 Å². The third-order valence-corrected chi connectivity index (χ3v) is 3.89. The molecule has 0 aromatic heterocycles. The van der Waals surface area contributed by atoms with Crippen molar-refractivity contribution >= 4 is 23.5 Å². The van der Waals surface area contributed by atoms with E-state index in [4.69, 9.17) is 0 Å². The van der Waals surface area contributed by atoms with Gasteiger partial charge in [0.2, 0.25) is 0 Å². The summed E-state index contributed by atoms with van der Waals surface area (Å²) in [5, 5.41) is 3.99. The Morgan fingerprint density at radius 2 is 1.75 bits per heavy atom. The molecule has 0 spiro atoms. The molecule has 1 aliphatic heterocycles. The number of benzene rings is 2. The van der Waals surface area contributed by atoms with Crippen molar-refractivity contribution in [2.24, 2.45) is 4.99 Å². The first-order chi connectivity index (χ1) is 13.5. The average Bonchev–Trinajstić information content (AvgIpc) is 3.04. The molecule has 0 saturated carbocycles. The van der Waals surface area contributed by atoms with Crippen LogP contribution in [0.5, 0.6) is 0 Å². The van der Waals surface area contributed by atoms with Crippen LogP contribution in [0.15, 0.2) is 77.4 Å². The second-order valence-corrected chi connectivity index (χ2v) is 5.91. The second kappa shape index (κ2) is 8.74. The zero-order chi connectivity index (χ0) is 19.9. The molecule has 1 fully saturated rings. The summed E-state index contributed by atoms with van der Waals surface area (Å²) in [6.45, 7) is 0.250. The molecule has 2 aromatic rings. The van der Waals surface area contributed by atoms with E-state index in [1.54, 1.807) is 30.3 Å². The number of nitrogens with one attached hydrogen (secondary N) is 2. The SMILES string of the molecule is CN1NOC(=O)/C1=C\C(=NC(=O)c1ccccc1)C(=O)NCc1ccccc1. The number of likely N-dealkylation sites (N-methyl/N-ethyl adjacent to an activating group) is 1. The minimum absolute atomic E-state index is 0.0504. The van der Waals surface area contributed by atoms with Crippen molar-refractivity contribution in [1.82, 2.24) is 15.9 Å². The summed E-state index contributed by atoms with van der Waals surface area (Å²) in [7, 11) is 1.54. The molecule has 3 rings (SSSR count). The van der Waals surface area contributed by atoms with E-state index in [1.165, 1.54) is 18.1 Å². The molecule has 1 heterocycles. The molecule has 1 saturated heterocycles. The van der Waals surface area contributed by atoms with Gasteiger partial charge in [-0.2, -0.15) is 0 Å². The van der Waals surface area contributed by atoms with Crippen LogP contribution in [0.2, 0.25) is 0 Å². The monoisotopic (exact) mass is 378 g/mol. The Kier molecular flexibility index (Phi) is 5.93. The summed E-state index contributed by atoms with van der Waals surface area (Å²) in [6.07, 6.45) is 1.21. The zero-order valence-electron chi connectivity index (χ0n) is 15.1. The van der Waals surface area contributed by atoms with E-state index < -0.39 is 17.8 Å². The summed E-state index contributed by atoms with van der Waals surface area (Å²) in [5.41, 5.74) is 3.41. The van der Waals surface area contributed by atoms with Gasteiger partial charge in [0, 0.05) is 25.2 Å². The average molecular weight is 378 g/mol. The highest BCUT2D eigenvalue weighted by Crippen LogP contribution is 2.10.